The van der Waals surface area contributed by atoms with Crippen molar-refractivity contribution >= 4 is 17.3 Å². The van der Waals surface area contributed by atoms with Gasteiger partial charge in [-0.15, -0.1) is 0 Å². The van der Waals surface area contributed by atoms with Gasteiger partial charge < -0.3 is 9.80 Å². The molecule has 0 aromatic heterocycles. The predicted octanol–water partition coefficient (Wildman–Crippen LogP) is 2.09. The molecule has 1 aromatic rings. The molecule has 1 aromatic carbocycles. The molecule has 1 fully saturated rings. The summed E-state index contributed by atoms with van der Waals surface area (Å²) in [5.41, 5.74) is 1.28. The Labute approximate surface area is 90.1 Å². The Morgan fingerprint density at radius 2 is 1.57 bits per heavy atom. The SMILES string of the molecule is CN1CCN(c2ccc(Cl)cc2)CC1. The highest BCUT2D eigenvalue weighted by molar-refractivity contribution is 6.30. The van der Waals surface area contributed by atoms with Crippen molar-refractivity contribution in [1.82, 2.24) is 4.90 Å². The second-order valence-corrected chi connectivity index (χ2v) is 4.20. The molecule has 0 amide bonds. The zero-order valence-electron chi connectivity index (χ0n) is 8.41. The minimum Gasteiger partial charge on any atom is -0.369 e. The molecule has 14 heavy (non-hydrogen) atoms. The van der Waals surface area contributed by atoms with E-state index in [0.717, 1.165) is 31.2 Å². The Morgan fingerprint density at radius 1 is 1.00 bits per heavy atom. The second kappa shape index (κ2) is 4.20. The molecule has 0 atom stereocenters. The Kier molecular flexibility index (Phi) is 2.94. The molecule has 2 nitrogen and oxygen atoms in total. The molecule has 0 spiro atoms. The molecule has 0 radical (unpaired) electrons. The second-order valence-electron chi connectivity index (χ2n) is 3.77. The molecule has 0 N–H and O–H groups in total. The molecule has 2 rings (SSSR count). The number of piperazine rings is 1. The van der Waals surface area contributed by atoms with E-state index >= 15 is 0 Å². The Balaban J connectivity index is 2.05. The molecule has 76 valence electrons. The maximum absolute atomic E-state index is 5.85. The van der Waals surface area contributed by atoms with Crippen molar-refractivity contribution < 1.29 is 0 Å². The minimum absolute atomic E-state index is 0.808. The largest absolute Gasteiger partial charge is 0.369 e. The lowest BCUT2D eigenvalue weighted by atomic mass is 10.2. The van der Waals surface area contributed by atoms with Crippen LogP contribution < -0.4 is 4.90 Å². The van der Waals surface area contributed by atoms with Gasteiger partial charge in [0.05, 0.1) is 0 Å². The monoisotopic (exact) mass is 210 g/mol. The molecule has 3 heteroatoms. The van der Waals surface area contributed by atoms with Crippen LogP contribution in [-0.2, 0) is 0 Å². The summed E-state index contributed by atoms with van der Waals surface area (Å²) in [5, 5.41) is 0.808. The standard InChI is InChI=1S/C11H15ClN2/c1-13-6-8-14(9-7-13)11-4-2-10(12)3-5-11/h2-5H,6-9H2,1H3. The highest BCUT2D eigenvalue weighted by Gasteiger charge is 2.13. The first-order valence-electron chi connectivity index (χ1n) is 4.95. The highest BCUT2D eigenvalue weighted by Crippen LogP contribution is 2.18. The topological polar surface area (TPSA) is 6.48 Å². The van der Waals surface area contributed by atoms with Crippen LogP contribution in [0.3, 0.4) is 0 Å². The van der Waals surface area contributed by atoms with E-state index in [4.69, 9.17) is 11.6 Å². The van der Waals surface area contributed by atoms with Crippen LogP contribution >= 0.6 is 11.6 Å². The van der Waals surface area contributed by atoms with Crippen LogP contribution in [-0.4, -0.2) is 38.1 Å². The predicted molar refractivity (Wildman–Crippen MR) is 61.2 cm³/mol. The molecular weight excluding hydrogens is 196 g/mol. The van der Waals surface area contributed by atoms with Gasteiger partial charge in [0, 0.05) is 36.9 Å². The third-order valence-electron chi connectivity index (χ3n) is 2.70. The molecular formula is C11H15ClN2. The highest BCUT2D eigenvalue weighted by atomic mass is 35.5. The van der Waals surface area contributed by atoms with Gasteiger partial charge in [0.1, 0.15) is 0 Å². The molecule has 1 saturated heterocycles. The van der Waals surface area contributed by atoms with Gasteiger partial charge in [-0.3, -0.25) is 0 Å². The molecule has 0 bridgehead atoms. The van der Waals surface area contributed by atoms with E-state index in [2.05, 4.69) is 29.0 Å². The number of benzene rings is 1. The van der Waals surface area contributed by atoms with Gasteiger partial charge in [0.2, 0.25) is 0 Å². The van der Waals surface area contributed by atoms with Crippen molar-refractivity contribution in [3.05, 3.63) is 29.3 Å². The molecule has 1 aliphatic rings. The first-order valence-corrected chi connectivity index (χ1v) is 5.32. The first-order chi connectivity index (χ1) is 6.75. The van der Waals surface area contributed by atoms with Crippen molar-refractivity contribution in [3.63, 3.8) is 0 Å². The number of hydrogen-bond donors (Lipinski definition) is 0. The fraction of sp³-hybridized carbons (Fsp3) is 0.455. The summed E-state index contributed by atoms with van der Waals surface area (Å²) < 4.78 is 0. The van der Waals surface area contributed by atoms with E-state index in [9.17, 15) is 0 Å². The Hall–Kier alpha value is -0.730. The normalized spacial score (nSPS) is 18.6. The van der Waals surface area contributed by atoms with E-state index in [1.165, 1.54) is 5.69 Å². The lowest BCUT2D eigenvalue weighted by molar-refractivity contribution is 0.313. The summed E-state index contributed by atoms with van der Waals surface area (Å²) in [5.74, 6) is 0. The van der Waals surface area contributed by atoms with Crippen molar-refractivity contribution in [3.8, 4) is 0 Å². The quantitative estimate of drug-likeness (QED) is 0.701. The van der Waals surface area contributed by atoms with Gasteiger partial charge >= 0.3 is 0 Å². The maximum Gasteiger partial charge on any atom is 0.0407 e. The summed E-state index contributed by atoms with van der Waals surface area (Å²) in [6.07, 6.45) is 0. The summed E-state index contributed by atoms with van der Waals surface area (Å²) in [4.78, 5) is 4.75. The van der Waals surface area contributed by atoms with Crippen molar-refractivity contribution in [1.29, 1.82) is 0 Å². The smallest absolute Gasteiger partial charge is 0.0407 e. The van der Waals surface area contributed by atoms with Gasteiger partial charge in [0.25, 0.3) is 0 Å². The summed E-state index contributed by atoms with van der Waals surface area (Å²) in [6.45, 7) is 4.50. The molecule has 0 aliphatic carbocycles. The van der Waals surface area contributed by atoms with Crippen LogP contribution in [0.4, 0.5) is 5.69 Å². The van der Waals surface area contributed by atoms with E-state index in [1.54, 1.807) is 0 Å². The van der Waals surface area contributed by atoms with E-state index in [-0.39, 0.29) is 0 Å². The van der Waals surface area contributed by atoms with Gasteiger partial charge in [-0.05, 0) is 31.3 Å². The molecule has 1 heterocycles. The van der Waals surface area contributed by atoms with Gasteiger partial charge in [-0.25, -0.2) is 0 Å². The van der Waals surface area contributed by atoms with Gasteiger partial charge in [0.15, 0.2) is 0 Å². The third-order valence-corrected chi connectivity index (χ3v) is 2.95. The molecule has 0 saturated carbocycles. The summed E-state index contributed by atoms with van der Waals surface area (Å²) in [6, 6.07) is 8.09. The van der Waals surface area contributed by atoms with Crippen LogP contribution in [0.25, 0.3) is 0 Å². The molecule has 1 aliphatic heterocycles. The number of halogens is 1. The zero-order chi connectivity index (χ0) is 9.97. The van der Waals surface area contributed by atoms with E-state index in [0.29, 0.717) is 0 Å². The lowest BCUT2D eigenvalue weighted by Crippen LogP contribution is -2.44. The van der Waals surface area contributed by atoms with E-state index in [1.807, 2.05) is 12.1 Å². The zero-order valence-corrected chi connectivity index (χ0v) is 9.17. The van der Waals surface area contributed by atoms with Crippen molar-refractivity contribution in [2.24, 2.45) is 0 Å². The van der Waals surface area contributed by atoms with Crippen LogP contribution in [0.5, 0.6) is 0 Å². The summed E-state index contributed by atoms with van der Waals surface area (Å²) >= 11 is 5.85. The van der Waals surface area contributed by atoms with Crippen LogP contribution in [0.15, 0.2) is 24.3 Å². The number of rotatable bonds is 1. The molecule has 0 unspecified atom stereocenters. The van der Waals surface area contributed by atoms with Crippen LogP contribution in [0, 0.1) is 0 Å². The van der Waals surface area contributed by atoms with Crippen molar-refractivity contribution in [2.75, 3.05) is 38.1 Å². The Morgan fingerprint density at radius 3 is 2.14 bits per heavy atom. The van der Waals surface area contributed by atoms with Gasteiger partial charge in [-0.1, -0.05) is 11.6 Å². The number of anilines is 1. The maximum atomic E-state index is 5.85. The number of nitrogens with zero attached hydrogens (tertiary/aromatic N) is 2. The third kappa shape index (κ3) is 2.20. The minimum atomic E-state index is 0.808. The average Bonchev–Trinajstić information content (AvgIpc) is 2.21. The number of likely N-dealkylation sites (N-methyl/N-ethyl adjacent to an activating group) is 1. The van der Waals surface area contributed by atoms with Crippen LogP contribution in [0.1, 0.15) is 0 Å². The van der Waals surface area contributed by atoms with E-state index < -0.39 is 0 Å². The van der Waals surface area contributed by atoms with Crippen LogP contribution in [0.2, 0.25) is 5.02 Å². The first kappa shape index (κ1) is 9.81. The fourth-order valence-corrected chi connectivity index (χ4v) is 1.84. The average molecular weight is 211 g/mol. The fourth-order valence-electron chi connectivity index (χ4n) is 1.72. The van der Waals surface area contributed by atoms with Crippen molar-refractivity contribution in [2.45, 2.75) is 0 Å². The lowest BCUT2D eigenvalue weighted by Gasteiger charge is -2.34. The van der Waals surface area contributed by atoms with Gasteiger partial charge in [-0.2, -0.15) is 0 Å². The Bertz CT molecular complexity index is 289. The number of hydrogen-bond acceptors (Lipinski definition) is 2. The summed E-state index contributed by atoms with van der Waals surface area (Å²) in [7, 11) is 2.17.